The van der Waals surface area contributed by atoms with E-state index in [4.69, 9.17) is 11.6 Å². The average molecular weight is 358 g/mol. The van der Waals surface area contributed by atoms with Crippen molar-refractivity contribution in [3.05, 3.63) is 59.4 Å². The second-order valence-corrected chi connectivity index (χ2v) is 7.65. The molecule has 0 bridgehead atoms. The molecule has 0 fully saturated rings. The van der Waals surface area contributed by atoms with Crippen molar-refractivity contribution < 1.29 is 4.39 Å². The van der Waals surface area contributed by atoms with Crippen molar-refractivity contribution in [1.82, 2.24) is 4.98 Å². The number of pyridine rings is 1. The maximum absolute atomic E-state index is 13.3. The summed E-state index contributed by atoms with van der Waals surface area (Å²) >= 11 is 5.86. The summed E-state index contributed by atoms with van der Waals surface area (Å²) in [6.07, 6.45) is 0. The first-order chi connectivity index (χ1) is 11.8. The third-order valence-electron chi connectivity index (χ3n) is 3.72. The Bertz CT molecular complexity index is 903. The lowest BCUT2D eigenvalue weighted by atomic mass is 9.97. The van der Waals surface area contributed by atoms with E-state index in [-0.39, 0.29) is 10.4 Å². The van der Waals surface area contributed by atoms with Crippen LogP contribution in [0.2, 0.25) is 5.02 Å². The maximum atomic E-state index is 13.3. The topological polar surface area (TPSA) is 37.0 Å². The molecule has 0 spiro atoms. The number of aromatic nitrogens is 1. The standard InChI is InChI=1S/C20H21ClFN3/c1-20(2,3)12-23-18-11-19(25-17-7-5-4-6-14(17)18)24-13-8-9-16(22)15(21)10-13/h4-11H,12H2,1-3H3,(H2,23,24,25). The Morgan fingerprint density at radius 1 is 1.08 bits per heavy atom. The predicted octanol–water partition coefficient (Wildman–Crippen LogP) is 6.23. The smallest absolute Gasteiger partial charge is 0.141 e. The molecule has 2 aromatic carbocycles. The van der Waals surface area contributed by atoms with E-state index < -0.39 is 5.82 Å². The van der Waals surface area contributed by atoms with Crippen LogP contribution in [0.4, 0.5) is 21.6 Å². The number of benzene rings is 2. The number of nitrogens with one attached hydrogen (secondary N) is 2. The summed E-state index contributed by atoms with van der Waals surface area (Å²) in [5.74, 6) is 0.240. The number of para-hydroxylation sites is 1. The van der Waals surface area contributed by atoms with Gasteiger partial charge < -0.3 is 10.6 Å². The molecule has 1 aromatic heterocycles. The molecule has 25 heavy (non-hydrogen) atoms. The summed E-state index contributed by atoms with van der Waals surface area (Å²) in [4.78, 5) is 4.64. The molecule has 3 rings (SSSR count). The average Bonchev–Trinajstić information content (AvgIpc) is 2.55. The fourth-order valence-corrected chi connectivity index (χ4v) is 2.65. The van der Waals surface area contributed by atoms with Crippen LogP contribution < -0.4 is 10.6 Å². The van der Waals surface area contributed by atoms with Crippen LogP contribution in [-0.4, -0.2) is 11.5 Å². The Hall–Kier alpha value is -2.33. The van der Waals surface area contributed by atoms with Crippen molar-refractivity contribution in [2.75, 3.05) is 17.2 Å². The molecule has 0 unspecified atom stereocenters. The summed E-state index contributed by atoms with van der Waals surface area (Å²) in [5, 5.41) is 7.85. The highest BCUT2D eigenvalue weighted by atomic mass is 35.5. The van der Waals surface area contributed by atoms with Gasteiger partial charge in [0.25, 0.3) is 0 Å². The van der Waals surface area contributed by atoms with E-state index in [9.17, 15) is 4.39 Å². The van der Waals surface area contributed by atoms with Crippen LogP contribution in [-0.2, 0) is 0 Å². The second-order valence-electron chi connectivity index (χ2n) is 7.24. The Labute approximate surface area is 152 Å². The lowest BCUT2D eigenvalue weighted by Gasteiger charge is -2.21. The fraction of sp³-hybridized carbons (Fsp3) is 0.250. The number of hydrogen-bond acceptors (Lipinski definition) is 3. The van der Waals surface area contributed by atoms with Crippen LogP contribution >= 0.6 is 11.6 Å². The van der Waals surface area contributed by atoms with E-state index in [1.54, 1.807) is 12.1 Å². The van der Waals surface area contributed by atoms with Crippen LogP contribution in [0.15, 0.2) is 48.5 Å². The lowest BCUT2D eigenvalue weighted by Crippen LogP contribution is -2.19. The van der Waals surface area contributed by atoms with E-state index in [1.807, 2.05) is 30.3 Å². The Morgan fingerprint density at radius 3 is 2.56 bits per heavy atom. The molecule has 0 aliphatic carbocycles. The quantitative estimate of drug-likeness (QED) is 0.581. The Kier molecular flexibility index (Phi) is 4.82. The molecule has 0 saturated heterocycles. The van der Waals surface area contributed by atoms with Gasteiger partial charge in [-0.1, -0.05) is 50.6 Å². The molecule has 0 aliphatic rings. The van der Waals surface area contributed by atoms with Crippen LogP contribution in [0.5, 0.6) is 0 Å². The van der Waals surface area contributed by atoms with Gasteiger partial charge in [0, 0.05) is 29.4 Å². The van der Waals surface area contributed by atoms with Crippen LogP contribution in [0.3, 0.4) is 0 Å². The summed E-state index contributed by atoms with van der Waals surface area (Å²) < 4.78 is 13.3. The number of hydrogen-bond donors (Lipinski definition) is 2. The van der Waals surface area contributed by atoms with Crippen molar-refractivity contribution >= 4 is 39.7 Å². The summed E-state index contributed by atoms with van der Waals surface area (Å²) in [6, 6.07) is 14.5. The molecule has 130 valence electrons. The molecule has 3 nitrogen and oxygen atoms in total. The number of rotatable bonds is 4. The van der Waals surface area contributed by atoms with Gasteiger partial charge in [0.15, 0.2) is 0 Å². The lowest BCUT2D eigenvalue weighted by molar-refractivity contribution is 0.443. The fourth-order valence-electron chi connectivity index (χ4n) is 2.47. The van der Waals surface area contributed by atoms with Crippen molar-refractivity contribution in [1.29, 1.82) is 0 Å². The third kappa shape index (κ3) is 4.40. The van der Waals surface area contributed by atoms with Crippen molar-refractivity contribution in [3.8, 4) is 0 Å². The molecule has 3 aromatic rings. The van der Waals surface area contributed by atoms with E-state index in [1.165, 1.54) is 6.07 Å². The number of fused-ring (bicyclic) bond motifs is 1. The summed E-state index contributed by atoms with van der Waals surface area (Å²) in [5.41, 5.74) is 2.74. The zero-order valence-electron chi connectivity index (χ0n) is 14.5. The highest BCUT2D eigenvalue weighted by Crippen LogP contribution is 2.29. The molecule has 0 aliphatic heterocycles. The van der Waals surface area contributed by atoms with Gasteiger partial charge in [0.05, 0.1) is 10.5 Å². The van der Waals surface area contributed by atoms with Crippen molar-refractivity contribution in [2.45, 2.75) is 20.8 Å². The summed E-state index contributed by atoms with van der Waals surface area (Å²) in [6.45, 7) is 7.39. The van der Waals surface area contributed by atoms with E-state index >= 15 is 0 Å². The highest BCUT2D eigenvalue weighted by molar-refractivity contribution is 6.31. The second kappa shape index (κ2) is 6.89. The van der Waals surface area contributed by atoms with Crippen LogP contribution in [0.1, 0.15) is 20.8 Å². The zero-order chi connectivity index (χ0) is 18.0. The Morgan fingerprint density at radius 2 is 1.84 bits per heavy atom. The molecule has 2 N–H and O–H groups in total. The first-order valence-corrected chi connectivity index (χ1v) is 8.55. The largest absolute Gasteiger partial charge is 0.384 e. The summed E-state index contributed by atoms with van der Waals surface area (Å²) in [7, 11) is 0. The van der Waals surface area contributed by atoms with Gasteiger partial charge in [-0.05, 0) is 29.7 Å². The van der Waals surface area contributed by atoms with Crippen molar-refractivity contribution in [3.63, 3.8) is 0 Å². The van der Waals surface area contributed by atoms with E-state index in [2.05, 4.69) is 36.4 Å². The number of anilines is 3. The Balaban J connectivity index is 1.96. The van der Waals surface area contributed by atoms with Gasteiger partial charge in [0.2, 0.25) is 0 Å². The predicted molar refractivity (Wildman–Crippen MR) is 104 cm³/mol. The van der Waals surface area contributed by atoms with Gasteiger partial charge in [-0.2, -0.15) is 0 Å². The van der Waals surface area contributed by atoms with Gasteiger partial charge in [-0.25, -0.2) is 9.37 Å². The molecule has 0 radical (unpaired) electrons. The van der Waals surface area contributed by atoms with E-state index in [0.29, 0.717) is 11.5 Å². The van der Waals surface area contributed by atoms with Crippen LogP contribution in [0, 0.1) is 11.2 Å². The van der Waals surface area contributed by atoms with Gasteiger partial charge >= 0.3 is 0 Å². The molecule has 0 atom stereocenters. The normalized spacial score (nSPS) is 11.6. The molecular weight excluding hydrogens is 337 g/mol. The monoisotopic (exact) mass is 357 g/mol. The third-order valence-corrected chi connectivity index (χ3v) is 4.01. The highest BCUT2D eigenvalue weighted by Gasteiger charge is 2.12. The van der Waals surface area contributed by atoms with Crippen molar-refractivity contribution in [2.24, 2.45) is 5.41 Å². The minimum absolute atomic E-state index is 0.0804. The van der Waals surface area contributed by atoms with Gasteiger partial charge in [-0.3, -0.25) is 0 Å². The SMILES string of the molecule is CC(C)(C)CNc1cc(Nc2ccc(F)c(Cl)c2)nc2ccccc12. The molecule has 0 saturated carbocycles. The van der Waals surface area contributed by atoms with Gasteiger partial charge in [-0.15, -0.1) is 0 Å². The molecule has 5 heteroatoms. The minimum atomic E-state index is -0.439. The number of halogens is 2. The van der Waals surface area contributed by atoms with Gasteiger partial charge in [0.1, 0.15) is 11.6 Å². The zero-order valence-corrected chi connectivity index (χ0v) is 15.3. The van der Waals surface area contributed by atoms with Crippen LogP contribution in [0.25, 0.3) is 10.9 Å². The molecule has 1 heterocycles. The minimum Gasteiger partial charge on any atom is -0.384 e. The molecule has 0 amide bonds. The van der Waals surface area contributed by atoms with E-state index in [0.717, 1.165) is 23.1 Å². The maximum Gasteiger partial charge on any atom is 0.141 e. The first kappa shape index (κ1) is 17.5. The number of nitrogens with zero attached hydrogens (tertiary/aromatic N) is 1. The first-order valence-electron chi connectivity index (χ1n) is 8.18. The molecular formula is C20H21ClFN3.